The molecule has 0 unspecified atom stereocenters. The molecule has 2 saturated carbocycles. The number of aliphatic hydroxyl groups excluding tert-OH is 1. The molecule has 0 aromatic heterocycles. The summed E-state index contributed by atoms with van der Waals surface area (Å²) < 4.78 is 5.74. The molecule has 3 rings (SSSR count). The zero-order valence-electron chi connectivity index (χ0n) is 12.7. The summed E-state index contributed by atoms with van der Waals surface area (Å²) >= 11 is 0. The van der Waals surface area contributed by atoms with Gasteiger partial charge in [0.25, 0.3) is 0 Å². The minimum atomic E-state index is -0.491. The van der Waals surface area contributed by atoms with Crippen molar-refractivity contribution < 1.29 is 19.4 Å². The van der Waals surface area contributed by atoms with Crippen LogP contribution in [0.4, 0.5) is 0 Å². The van der Waals surface area contributed by atoms with Crippen LogP contribution in [-0.4, -0.2) is 47.8 Å². The van der Waals surface area contributed by atoms with Gasteiger partial charge < -0.3 is 20.5 Å². The van der Waals surface area contributed by atoms with Crippen molar-refractivity contribution in [2.45, 2.75) is 62.8 Å². The van der Waals surface area contributed by atoms with Crippen molar-refractivity contribution in [1.82, 2.24) is 10.6 Å². The van der Waals surface area contributed by atoms with E-state index in [1.54, 1.807) is 0 Å². The fourth-order valence-electron chi connectivity index (χ4n) is 2.79. The van der Waals surface area contributed by atoms with Crippen molar-refractivity contribution in [3.8, 4) is 0 Å². The Bertz CT molecular complexity index is 457. The maximum absolute atomic E-state index is 11.9. The zero-order valence-corrected chi connectivity index (χ0v) is 12.7. The molecular formula is C16H24N2O4. The van der Waals surface area contributed by atoms with Gasteiger partial charge in [0.1, 0.15) is 6.10 Å². The Morgan fingerprint density at radius 3 is 2.50 bits per heavy atom. The lowest BCUT2D eigenvalue weighted by atomic mass is 9.93. The molecule has 3 aliphatic rings. The second-order valence-corrected chi connectivity index (χ2v) is 6.49. The second kappa shape index (κ2) is 6.79. The normalized spacial score (nSPS) is 31.4. The van der Waals surface area contributed by atoms with Gasteiger partial charge in [-0.1, -0.05) is 12.2 Å². The lowest BCUT2D eigenvalue weighted by Gasteiger charge is -2.32. The molecule has 2 fully saturated rings. The number of carbonyl (C=O) groups excluding carboxylic acids is 2. The Morgan fingerprint density at radius 1 is 1.14 bits per heavy atom. The van der Waals surface area contributed by atoms with Gasteiger partial charge in [0.15, 0.2) is 0 Å². The summed E-state index contributed by atoms with van der Waals surface area (Å²) in [5.41, 5.74) is 0. The molecule has 2 aliphatic carbocycles. The third kappa shape index (κ3) is 3.87. The van der Waals surface area contributed by atoms with Crippen molar-refractivity contribution in [3.05, 3.63) is 12.2 Å². The van der Waals surface area contributed by atoms with Crippen LogP contribution in [0, 0.1) is 5.92 Å². The third-order valence-corrected chi connectivity index (χ3v) is 4.58. The molecular weight excluding hydrogens is 284 g/mol. The van der Waals surface area contributed by atoms with Gasteiger partial charge in [-0.05, 0) is 32.1 Å². The van der Waals surface area contributed by atoms with E-state index < -0.39 is 6.10 Å². The van der Waals surface area contributed by atoms with Crippen molar-refractivity contribution in [2.75, 3.05) is 6.61 Å². The number of amides is 2. The topological polar surface area (TPSA) is 87.7 Å². The van der Waals surface area contributed by atoms with Gasteiger partial charge in [0, 0.05) is 12.0 Å². The van der Waals surface area contributed by atoms with Gasteiger partial charge in [-0.15, -0.1) is 0 Å². The van der Waals surface area contributed by atoms with Crippen molar-refractivity contribution in [3.63, 3.8) is 0 Å². The van der Waals surface area contributed by atoms with Crippen LogP contribution in [0.3, 0.4) is 0 Å². The van der Waals surface area contributed by atoms with Crippen LogP contribution in [-0.2, 0) is 14.3 Å². The first kappa shape index (κ1) is 15.5. The molecule has 0 spiro atoms. The van der Waals surface area contributed by atoms with Gasteiger partial charge in [-0.25, -0.2) is 0 Å². The Balaban J connectivity index is 1.49. The lowest BCUT2D eigenvalue weighted by molar-refractivity contribution is -0.129. The average Bonchev–Trinajstić information content (AvgIpc) is 3.29. The molecule has 0 bridgehead atoms. The number of hydrogen-bond acceptors (Lipinski definition) is 4. The quantitative estimate of drug-likeness (QED) is 0.614. The summed E-state index contributed by atoms with van der Waals surface area (Å²) in [4.78, 5) is 23.7. The van der Waals surface area contributed by atoms with Crippen molar-refractivity contribution in [1.29, 1.82) is 0 Å². The molecule has 0 saturated heterocycles. The number of rotatable bonds is 6. The van der Waals surface area contributed by atoms with E-state index in [0.717, 1.165) is 25.7 Å². The van der Waals surface area contributed by atoms with E-state index in [2.05, 4.69) is 10.6 Å². The summed E-state index contributed by atoms with van der Waals surface area (Å²) in [7, 11) is 0. The fraction of sp³-hybridized carbons (Fsp3) is 0.750. The van der Waals surface area contributed by atoms with Crippen LogP contribution in [0.1, 0.15) is 38.5 Å². The Morgan fingerprint density at radius 2 is 1.91 bits per heavy atom. The maximum Gasteiger partial charge on any atom is 0.223 e. The highest BCUT2D eigenvalue weighted by Crippen LogP contribution is 2.29. The standard InChI is InChI=1S/C16H24N2O4/c19-9-14-13(18-16(21)10-4-5-10)7-6-12(22-14)8-15(20)17-11-2-1-3-11/h6-7,10-14,19H,1-5,8-9H2,(H,17,20)(H,18,21)/t12-,13-,14-/m1/s1. The van der Waals surface area contributed by atoms with E-state index in [1.807, 2.05) is 12.2 Å². The van der Waals surface area contributed by atoms with E-state index in [-0.39, 0.29) is 42.9 Å². The van der Waals surface area contributed by atoms with Crippen LogP contribution in [0.25, 0.3) is 0 Å². The highest BCUT2D eigenvalue weighted by atomic mass is 16.5. The van der Waals surface area contributed by atoms with E-state index in [0.29, 0.717) is 6.04 Å². The molecule has 1 heterocycles. The number of carbonyl (C=O) groups is 2. The minimum Gasteiger partial charge on any atom is -0.394 e. The summed E-state index contributed by atoms with van der Waals surface area (Å²) in [6.07, 6.45) is 8.25. The summed E-state index contributed by atoms with van der Waals surface area (Å²) in [5, 5.41) is 15.3. The monoisotopic (exact) mass is 308 g/mol. The first-order valence-electron chi connectivity index (χ1n) is 8.20. The summed E-state index contributed by atoms with van der Waals surface area (Å²) in [5.74, 6) is 0.133. The van der Waals surface area contributed by atoms with Crippen LogP contribution >= 0.6 is 0 Å². The van der Waals surface area contributed by atoms with E-state index in [9.17, 15) is 14.7 Å². The predicted octanol–water partition coefficient (Wildman–Crippen LogP) is 0.256. The first-order valence-corrected chi connectivity index (χ1v) is 8.20. The number of ether oxygens (including phenoxy) is 1. The molecule has 2 amide bonds. The average molecular weight is 308 g/mol. The molecule has 22 heavy (non-hydrogen) atoms. The first-order chi connectivity index (χ1) is 10.7. The molecule has 3 atom stereocenters. The number of aliphatic hydroxyl groups is 1. The molecule has 3 N–H and O–H groups in total. The third-order valence-electron chi connectivity index (χ3n) is 4.58. The summed E-state index contributed by atoms with van der Waals surface area (Å²) in [6, 6.07) is 0.00308. The zero-order chi connectivity index (χ0) is 15.5. The SMILES string of the molecule is O=C(C[C@H]1C=C[C@@H](NC(=O)C2CC2)[C@@H](CO)O1)NC1CCC1. The van der Waals surface area contributed by atoms with Gasteiger partial charge in [0.05, 0.1) is 25.2 Å². The molecule has 0 aromatic rings. The smallest absolute Gasteiger partial charge is 0.223 e. The number of nitrogens with one attached hydrogen (secondary N) is 2. The van der Waals surface area contributed by atoms with Crippen LogP contribution < -0.4 is 10.6 Å². The van der Waals surface area contributed by atoms with Gasteiger partial charge >= 0.3 is 0 Å². The van der Waals surface area contributed by atoms with E-state index in [1.165, 1.54) is 6.42 Å². The van der Waals surface area contributed by atoms with E-state index in [4.69, 9.17) is 4.74 Å². The molecule has 6 nitrogen and oxygen atoms in total. The lowest BCUT2D eigenvalue weighted by Crippen LogP contribution is -2.49. The number of hydrogen-bond donors (Lipinski definition) is 3. The van der Waals surface area contributed by atoms with Crippen LogP contribution in [0.15, 0.2) is 12.2 Å². The van der Waals surface area contributed by atoms with E-state index >= 15 is 0 Å². The van der Waals surface area contributed by atoms with Gasteiger partial charge in [-0.2, -0.15) is 0 Å². The second-order valence-electron chi connectivity index (χ2n) is 6.49. The summed E-state index contributed by atoms with van der Waals surface area (Å²) in [6.45, 7) is -0.180. The molecule has 0 radical (unpaired) electrons. The fourth-order valence-corrected chi connectivity index (χ4v) is 2.79. The largest absolute Gasteiger partial charge is 0.394 e. The van der Waals surface area contributed by atoms with Gasteiger partial charge in [0.2, 0.25) is 11.8 Å². The molecule has 6 heteroatoms. The molecule has 122 valence electrons. The Hall–Kier alpha value is -1.40. The molecule has 0 aromatic carbocycles. The van der Waals surface area contributed by atoms with Crippen LogP contribution in [0.2, 0.25) is 0 Å². The van der Waals surface area contributed by atoms with Gasteiger partial charge in [-0.3, -0.25) is 9.59 Å². The van der Waals surface area contributed by atoms with Crippen molar-refractivity contribution in [2.24, 2.45) is 5.92 Å². The highest BCUT2D eigenvalue weighted by molar-refractivity contribution is 5.81. The van der Waals surface area contributed by atoms with Crippen LogP contribution in [0.5, 0.6) is 0 Å². The minimum absolute atomic E-state index is 0.0171. The molecule has 1 aliphatic heterocycles. The maximum atomic E-state index is 11.9. The predicted molar refractivity (Wildman–Crippen MR) is 79.9 cm³/mol. The highest BCUT2D eigenvalue weighted by Gasteiger charge is 2.34. The van der Waals surface area contributed by atoms with Crippen molar-refractivity contribution >= 4 is 11.8 Å². The Kier molecular flexibility index (Phi) is 4.78. The Labute approximate surface area is 130 Å².